The first-order chi connectivity index (χ1) is 7.04. The summed E-state index contributed by atoms with van der Waals surface area (Å²) in [5.41, 5.74) is 0. The van der Waals surface area contributed by atoms with Crippen LogP contribution in [0.1, 0.15) is 6.42 Å². The standard InChI is InChI=1S/C9H16O6/c10-3-1-2-15-9-4(3)5(11)6(12)7(13)8(9)14/h3-14H,1-2H2/t3-,4-,5-,6+,7+,8-,9+/m1/s1. The number of ether oxygens (including phenoxy) is 1. The van der Waals surface area contributed by atoms with E-state index in [0.29, 0.717) is 6.42 Å². The van der Waals surface area contributed by atoms with E-state index < -0.39 is 42.5 Å². The maximum Gasteiger partial charge on any atom is 0.111 e. The van der Waals surface area contributed by atoms with Crippen molar-refractivity contribution >= 4 is 0 Å². The normalized spacial score (nSPS) is 56.2. The first-order valence-electron chi connectivity index (χ1n) is 5.06. The predicted octanol–water partition coefficient (Wildman–Crippen LogP) is -2.79. The van der Waals surface area contributed by atoms with Crippen molar-refractivity contribution in [3.63, 3.8) is 0 Å². The molecule has 5 N–H and O–H groups in total. The Balaban J connectivity index is 2.22. The summed E-state index contributed by atoms with van der Waals surface area (Å²) in [6, 6.07) is 0. The highest BCUT2D eigenvalue weighted by atomic mass is 16.5. The number of hydrogen-bond donors (Lipinski definition) is 5. The van der Waals surface area contributed by atoms with E-state index in [0.717, 1.165) is 0 Å². The zero-order valence-electron chi connectivity index (χ0n) is 8.10. The fraction of sp³-hybridized carbons (Fsp3) is 1.00. The molecular formula is C9H16O6. The lowest BCUT2D eigenvalue weighted by molar-refractivity contribution is -0.250. The van der Waals surface area contributed by atoms with Gasteiger partial charge in [0.1, 0.15) is 18.3 Å². The second-order valence-corrected chi connectivity index (χ2v) is 4.23. The molecule has 1 aliphatic heterocycles. The van der Waals surface area contributed by atoms with Crippen LogP contribution in [0, 0.1) is 5.92 Å². The third-order valence-corrected chi connectivity index (χ3v) is 3.33. The molecule has 0 unspecified atom stereocenters. The molecule has 1 heterocycles. The largest absolute Gasteiger partial charge is 0.393 e. The molecule has 0 radical (unpaired) electrons. The molecule has 2 aliphatic rings. The molecule has 1 saturated heterocycles. The molecule has 0 aromatic rings. The van der Waals surface area contributed by atoms with E-state index >= 15 is 0 Å². The SMILES string of the molecule is O[C@@H]1[C@H](O)[C@@H](O)[C@H]2OCC[C@@H](O)[C@@H]2[C@H]1O. The molecule has 7 atom stereocenters. The zero-order valence-corrected chi connectivity index (χ0v) is 8.10. The highest BCUT2D eigenvalue weighted by molar-refractivity contribution is 5.02. The Morgan fingerprint density at radius 1 is 0.800 bits per heavy atom. The van der Waals surface area contributed by atoms with Crippen LogP contribution in [0.25, 0.3) is 0 Å². The molecule has 1 aliphatic carbocycles. The number of fused-ring (bicyclic) bond motifs is 1. The highest BCUT2D eigenvalue weighted by Gasteiger charge is 2.53. The van der Waals surface area contributed by atoms with E-state index in [1.807, 2.05) is 0 Å². The summed E-state index contributed by atoms with van der Waals surface area (Å²) in [5.74, 6) is -0.743. The van der Waals surface area contributed by atoms with Crippen molar-refractivity contribution in [2.45, 2.75) is 43.0 Å². The molecular weight excluding hydrogens is 204 g/mol. The van der Waals surface area contributed by atoms with E-state index in [1.165, 1.54) is 0 Å². The van der Waals surface area contributed by atoms with Gasteiger partial charge in [-0.15, -0.1) is 0 Å². The number of rotatable bonds is 0. The Labute approximate surface area is 86.7 Å². The van der Waals surface area contributed by atoms with Crippen molar-refractivity contribution in [1.82, 2.24) is 0 Å². The molecule has 0 amide bonds. The van der Waals surface area contributed by atoms with Crippen LogP contribution in [0.5, 0.6) is 0 Å². The number of hydrogen-bond acceptors (Lipinski definition) is 6. The Bertz CT molecular complexity index is 235. The van der Waals surface area contributed by atoms with Crippen molar-refractivity contribution < 1.29 is 30.3 Å². The molecule has 0 aromatic heterocycles. The maximum absolute atomic E-state index is 9.67. The van der Waals surface area contributed by atoms with Crippen LogP contribution in [-0.4, -0.2) is 68.8 Å². The van der Waals surface area contributed by atoms with Crippen LogP contribution < -0.4 is 0 Å². The third kappa shape index (κ3) is 1.67. The van der Waals surface area contributed by atoms with E-state index in [1.54, 1.807) is 0 Å². The minimum Gasteiger partial charge on any atom is -0.393 e. The van der Waals surface area contributed by atoms with Gasteiger partial charge in [0, 0.05) is 12.5 Å². The van der Waals surface area contributed by atoms with Gasteiger partial charge in [0.25, 0.3) is 0 Å². The van der Waals surface area contributed by atoms with Crippen molar-refractivity contribution in [1.29, 1.82) is 0 Å². The van der Waals surface area contributed by atoms with Crippen molar-refractivity contribution in [2.75, 3.05) is 6.61 Å². The van der Waals surface area contributed by atoms with Gasteiger partial charge in [-0.1, -0.05) is 0 Å². The fourth-order valence-electron chi connectivity index (χ4n) is 2.42. The summed E-state index contributed by atoms with van der Waals surface area (Å²) in [7, 11) is 0. The lowest BCUT2D eigenvalue weighted by Crippen LogP contribution is -2.65. The van der Waals surface area contributed by atoms with Crippen molar-refractivity contribution in [3.8, 4) is 0 Å². The fourth-order valence-corrected chi connectivity index (χ4v) is 2.42. The smallest absolute Gasteiger partial charge is 0.111 e. The Kier molecular flexibility index (Phi) is 2.98. The first kappa shape index (κ1) is 11.3. The number of aliphatic hydroxyl groups excluding tert-OH is 5. The lowest BCUT2D eigenvalue weighted by Gasteiger charge is -2.48. The zero-order chi connectivity index (χ0) is 11.2. The van der Waals surface area contributed by atoms with Crippen LogP contribution in [0.4, 0.5) is 0 Å². The molecule has 2 rings (SSSR count). The van der Waals surface area contributed by atoms with Gasteiger partial charge < -0.3 is 30.3 Å². The summed E-state index contributed by atoms with van der Waals surface area (Å²) in [6.45, 7) is 0.273. The Morgan fingerprint density at radius 3 is 2.07 bits per heavy atom. The Morgan fingerprint density at radius 2 is 1.40 bits per heavy atom. The van der Waals surface area contributed by atoms with Crippen LogP contribution in [-0.2, 0) is 4.74 Å². The highest BCUT2D eigenvalue weighted by Crippen LogP contribution is 2.34. The van der Waals surface area contributed by atoms with Gasteiger partial charge >= 0.3 is 0 Å². The van der Waals surface area contributed by atoms with Gasteiger partial charge in [-0.3, -0.25) is 0 Å². The quantitative estimate of drug-likeness (QED) is 0.302. The van der Waals surface area contributed by atoms with E-state index in [-0.39, 0.29) is 6.61 Å². The second kappa shape index (κ2) is 3.97. The lowest BCUT2D eigenvalue weighted by atomic mass is 9.74. The minimum atomic E-state index is -1.45. The molecule has 2 fully saturated rings. The van der Waals surface area contributed by atoms with Gasteiger partial charge in [-0.05, 0) is 6.42 Å². The monoisotopic (exact) mass is 220 g/mol. The van der Waals surface area contributed by atoms with Crippen LogP contribution in [0.3, 0.4) is 0 Å². The van der Waals surface area contributed by atoms with Gasteiger partial charge in [0.2, 0.25) is 0 Å². The van der Waals surface area contributed by atoms with Gasteiger partial charge in [0.15, 0.2) is 0 Å². The predicted molar refractivity (Wildman–Crippen MR) is 47.9 cm³/mol. The van der Waals surface area contributed by atoms with Crippen molar-refractivity contribution in [3.05, 3.63) is 0 Å². The molecule has 0 aromatic carbocycles. The second-order valence-electron chi connectivity index (χ2n) is 4.23. The van der Waals surface area contributed by atoms with Gasteiger partial charge in [-0.25, -0.2) is 0 Å². The van der Waals surface area contributed by atoms with Crippen LogP contribution >= 0.6 is 0 Å². The molecule has 88 valence electrons. The van der Waals surface area contributed by atoms with E-state index in [4.69, 9.17) is 4.74 Å². The van der Waals surface area contributed by atoms with Gasteiger partial charge in [0.05, 0.1) is 18.3 Å². The van der Waals surface area contributed by atoms with E-state index in [2.05, 4.69) is 0 Å². The minimum absolute atomic E-state index is 0.273. The maximum atomic E-state index is 9.67. The molecule has 6 nitrogen and oxygen atoms in total. The summed E-state index contributed by atoms with van der Waals surface area (Å²) in [6.07, 6.45) is -6.72. The molecule has 0 spiro atoms. The summed E-state index contributed by atoms with van der Waals surface area (Å²) in [4.78, 5) is 0. The Hall–Kier alpha value is -0.240. The van der Waals surface area contributed by atoms with Gasteiger partial charge in [-0.2, -0.15) is 0 Å². The van der Waals surface area contributed by atoms with Crippen LogP contribution in [0.15, 0.2) is 0 Å². The third-order valence-electron chi connectivity index (χ3n) is 3.33. The van der Waals surface area contributed by atoms with Crippen molar-refractivity contribution in [2.24, 2.45) is 5.92 Å². The molecule has 6 heteroatoms. The first-order valence-corrected chi connectivity index (χ1v) is 5.06. The van der Waals surface area contributed by atoms with Crippen LogP contribution in [0.2, 0.25) is 0 Å². The average molecular weight is 220 g/mol. The summed E-state index contributed by atoms with van der Waals surface area (Å²) < 4.78 is 5.21. The average Bonchev–Trinajstić information content (AvgIpc) is 2.23. The van der Waals surface area contributed by atoms with E-state index in [9.17, 15) is 25.5 Å². The summed E-state index contributed by atoms with van der Waals surface area (Å²) in [5, 5.41) is 47.8. The molecule has 15 heavy (non-hydrogen) atoms. The molecule has 1 saturated carbocycles. The topological polar surface area (TPSA) is 110 Å². The summed E-state index contributed by atoms with van der Waals surface area (Å²) >= 11 is 0. The molecule has 0 bridgehead atoms. The number of aliphatic hydroxyl groups is 5.